The van der Waals surface area contributed by atoms with Crippen molar-refractivity contribution in [2.45, 2.75) is 51.7 Å². The number of piperazine rings is 1. The second-order valence-corrected chi connectivity index (χ2v) is 11.3. The van der Waals surface area contributed by atoms with E-state index in [-0.39, 0.29) is 24.7 Å². The third-order valence-electron chi connectivity index (χ3n) is 6.97. The minimum atomic E-state index is -0.650. The van der Waals surface area contributed by atoms with Gasteiger partial charge in [-0.25, -0.2) is 14.0 Å². The third kappa shape index (κ3) is 8.08. The van der Waals surface area contributed by atoms with E-state index in [1.165, 1.54) is 23.1 Å². The summed E-state index contributed by atoms with van der Waals surface area (Å²) in [6, 6.07) is 10.9. The summed E-state index contributed by atoms with van der Waals surface area (Å²) < 4.78 is 25.7. The van der Waals surface area contributed by atoms with Gasteiger partial charge in [0.25, 0.3) is 5.69 Å². The van der Waals surface area contributed by atoms with Crippen molar-refractivity contribution in [1.82, 2.24) is 10.2 Å². The molecule has 1 atom stereocenters. The molecule has 0 bridgehead atoms. The van der Waals surface area contributed by atoms with Crippen LogP contribution in [0.1, 0.15) is 39.2 Å². The number of alkyl carbamates (subject to hydrolysis) is 1. The van der Waals surface area contributed by atoms with Gasteiger partial charge in [-0.05, 0) is 57.4 Å². The molecule has 0 radical (unpaired) electrons. The Hall–Kier alpha value is -4.42. The number of carbonyl (C=O) groups excluding carboxylic acids is 3. The van der Waals surface area contributed by atoms with Crippen LogP contribution in [0, 0.1) is 15.9 Å². The highest BCUT2D eigenvalue weighted by molar-refractivity contribution is 5.90. The van der Waals surface area contributed by atoms with E-state index in [1.54, 1.807) is 49.9 Å². The number of non-ortho nitro benzene ring substituents is 1. The Morgan fingerprint density at radius 2 is 1.81 bits per heavy atom. The fourth-order valence-electron chi connectivity index (χ4n) is 4.85. The number of benzene rings is 2. The molecule has 2 saturated heterocycles. The second-order valence-electron chi connectivity index (χ2n) is 11.3. The molecule has 2 heterocycles. The van der Waals surface area contributed by atoms with Gasteiger partial charge in [0.2, 0.25) is 5.91 Å². The maximum atomic E-state index is 15.2. The van der Waals surface area contributed by atoms with Crippen LogP contribution in [0.5, 0.6) is 0 Å². The van der Waals surface area contributed by atoms with Crippen molar-refractivity contribution < 1.29 is 33.2 Å². The first-order valence-corrected chi connectivity index (χ1v) is 13.9. The summed E-state index contributed by atoms with van der Waals surface area (Å²) in [6.07, 6.45) is -0.209. The molecule has 2 aromatic carbocycles. The van der Waals surface area contributed by atoms with E-state index in [0.717, 1.165) is 5.56 Å². The molecule has 0 aromatic heterocycles. The van der Waals surface area contributed by atoms with E-state index >= 15 is 4.39 Å². The monoisotopic (exact) mass is 585 g/mol. The van der Waals surface area contributed by atoms with Gasteiger partial charge in [-0.3, -0.25) is 19.8 Å². The molecule has 2 fully saturated rings. The first kappa shape index (κ1) is 30.5. The Bertz CT molecular complexity index is 1310. The Morgan fingerprint density at radius 3 is 2.43 bits per heavy atom. The van der Waals surface area contributed by atoms with Crippen molar-refractivity contribution in [3.8, 4) is 0 Å². The van der Waals surface area contributed by atoms with E-state index in [4.69, 9.17) is 9.47 Å². The molecule has 2 aliphatic rings. The van der Waals surface area contributed by atoms with Crippen LogP contribution in [-0.4, -0.2) is 78.9 Å². The minimum Gasteiger partial charge on any atom is -0.444 e. The summed E-state index contributed by atoms with van der Waals surface area (Å²) in [7, 11) is 0. The van der Waals surface area contributed by atoms with Gasteiger partial charge in [-0.15, -0.1) is 0 Å². The molecule has 2 aliphatic heterocycles. The summed E-state index contributed by atoms with van der Waals surface area (Å²) in [6.45, 7) is 7.31. The number of anilines is 2. The van der Waals surface area contributed by atoms with Crippen LogP contribution >= 0.6 is 0 Å². The van der Waals surface area contributed by atoms with E-state index in [2.05, 4.69) is 5.32 Å². The van der Waals surface area contributed by atoms with Crippen LogP contribution < -0.4 is 15.1 Å². The normalized spacial score (nSPS) is 17.2. The molecule has 4 rings (SSSR count). The van der Waals surface area contributed by atoms with Crippen molar-refractivity contribution in [2.24, 2.45) is 0 Å². The van der Waals surface area contributed by atoms with Gasteiger partial charge in [0.05, 0.1) is 29.4 Å². The third-order valence-corrected chi connectivity index (χ3v) is 6.97. The molecule has 0 saturated carbocycles. The highest BCUT2D eigenvalue weighted by Crippen LogP contribution is 2.29. The van der Waals surface area contributed by atoms with E-state index in [0.29, 0.717) is 56.8 Å². The fraction of sp³-hybridized carbons (Fsp3) is 0.483. The number of nitro benzene ring substituents is 1. The summed E-state index contributed by atoms with van der Waals surface area (Å²) in [4.78, 5) is 52.3. The molecular weight excluding hydrogens is 549 g/mol. The van der Waals surface area contributed by atoms with Gasteiger partial charge in [0.15, 0.2) is 0 Å². The largest absolute Gasteiger partial charge is 0.444 e. The number of nitrogens with zero attached hydrogens (tertiary/aromatic N) is 4. The van der Waals surface area contributed by atoms with Crippen molar-refractivity contribution in [3.63, 3.8) is 0 Å². The molecule has 3 amide bonds. The van der Waals surface area contributed by atoms with Crippen molar-refractivity contribution in [2.75, 3.05) is 49.1 Å². The number of hydrogen-bond acceptors (Lipinski definition) is 8. The van der Waals surface area contributed by atoms with Crippen molar-refractivity contribution in [3.05, 3.63) is 64.0 Å². The molecule has 42 heavy (non-hydrogen) atoms. The Balaban J connectivity index is 1.23. The number of nitro groups is 1. The predicted molar refractivity (Wildman–Crippen MR) is 153 cm³/mol. The number of amides is 3. The van der Waals surface area contributed by atoms with Gasteiger partial charge in [0, 0.05) is 44.7 Å². The Kier molecular flexibility index (Phi) is 9.48. The van der Waals surface area contributed by atoms with Crippen molar-refractivity contribution in [1.29, 1.82) is 0 Å². The lowest BCUT2D eigenvalue weighted by Crippen LogP contribution is -2.49. The molecule has 13 heteroatoms. The average Bonchev–Trinajstić information content (AvgIpc) is 3.31. The zero-order valence-electron chi connectivity index (χ0n) is 24.0. The minimum absolute atomic E-state index is 0.0237. The van der Waals surface area contributed by atoms with Gasteiger partial charge in [0.1, 0.15) is 17.5 Å². The predicted octanol–water partition coefficient (Wildman–Crippen LogP) is 4.26. The van der Waals surface area contributed by atoms with Gasteiger partial charge < -0.3 is 24.6 Å². The van der Waals surface area contributed by atoms with Gasteiger partial charge in [-0.1, -0.05) is 12.1 Å². The average molecular weight is 586 g/mol. The molecule has 12 nitrogen and oxygen atoms in total. The maximum Gasteiger partial charge on any atom is 0.414 e. The molecular formula is C29H36FN5O7. The molecule has 1 N–H and O–H groups in total. The van der Waals surface area contributed by atoms with Crippen LogP contribution in [0.3, 0.4) is 0 Å². The van der Waals surface area contributed by atoms with Crippen LogP contribution in [0.25, 0.3) is 0 Å². The number of ether oxygens (including phenoxy) is 2. The van der Waals surface area contributed by atoms with Crippen LogP contribution in [0.2, 0.25) is 0 Å². The first-order valence-electron chi connectivity index (χ1n) is 13.9. The lowest BCUT2D eigenvalue weighted by atomic mass is 10.1. The number of halogens is 1. The number of carbonyl (C=O) groups is 3. The van der Waals surface area contributed by atoms with E-state index in [1.807, 2.05) is 4.90 Å². The number of nitrogens with one attached hydrogen (secondary N) is 1. The van der Waals surface area contributed by atoms with Crippen LogP contribution in [0.15, 0.2) is 42.5 Å². The Labute approximate surface area is 243 Å². The second kappa shape index (κ2) is 13.0. The SMILES string of the molecule is CC(C)(C)OC(=O)NCC1CN(c2ccc(N3CCN(C(=O)CCCc4ccc([N+](=O)[O-])cc4)CC3)c(F)c2)C(=O)O1. The first-order chi connectivity index (χ1) is 19.9. The molecule has 0 spiro atoms. The highest BCUT2D eigenvalue weighted by atomic mass is 19.1. The van der Waals surface area contributed by atoms with Crippen LogP contribution in [-0.2, 0) is 20.7 Å². The number of hydrogen-bond donors (Lipinski definition) is 1. The zero-order chi connectivity index (χ0) is 30.4. The van der Waals surface area contributed by atoms with E-state index < -0.39 is 34.6 Å². The number of aryl methyl sites for hydroxylation is 1. The summed E-state index contributed by atoms with van der Waals surface area (Å²) in [5, 5.41) is 13.4. The zero-order valence-corrected chi connectivity index (χ0v) is 24.0. The number of rotatable bonds is 9. The van der Waals surface area contributed by atoms with Crippen LogP contribution in [0.4, 0.5) is 31.0 Å². The standard InChI is InChI=1S/C29H36FN5O7/c1-29(2,3)42-27(37)31-18-23-19-34(28(38)41-23)22-11-12-25(24(30)17-22)32-13-15-33(16-14-32)26(36)6-4-5-20-7-9-21(10-8-20)35(39)40/h7-12,17,23H,4-6,13-16,18-19H2,1-3H3,(H,31,37). The lowest BCUT2D eigenvalue weighted by molar-refractivity contribution is -0.384. The summed E-state index contributed by atoms with van der Waals surface area (Å²) >= 11 is 0. The lowest BCUT2D eigenvalue weighted by Gasteiger charge is -2.36. The smallest absolute Gasteiger partial charge is 0.414 e. The summed E-state index contributed by atoms with van der Waals surface area (Å²) in [5.41, 5.74) is 1.06. The van der Waals surface area contributed by atoms with E-state index in [9.17, 15) is 24.5 Å². The quantitative estimate of drug-likeness (QED) is 0.341. The summed E-state index contributed by atoms with van der Waals surface area (Å²) in [5.74, 6) is -0.464. The van der Waals surface area contributed by atoms with Gasteiger partial charge >= 0.3 is 12.2 Å². The van der Waals surface area contributed by atoms with Crippen molar-refractivity contribution >= 4 is 35.2 Å². The number of cyclic esters (lactones) is 1. The topological polar surface area (TPSA) is 135 Å². The highest BCUT2D eigenvalue weighted by Gasteiger charge is 2.33. The maximum absolute atomic E-state index is 15.2. The molecule has 2 aromatic rings. The van der Waals surface area contributed by atoms with Gasteiger partial charge in [-0.2, -0.15) is 0 Å². The fourth-order valence-corrected chi connectivity index (χ4v) is 4.85. The Morgan fingerprint density at radius 1 is 1.12 bits per heavy atom. The molecule has 0 aliphatic carbocycles. The molecule has 226 valence electrons. The molecule has 1 unspecified atom stereocenters.